The van der Waals surface area contributed by atoms with Crippen LogP contribution in [0.1, 0.15) is 56.7 Å². The fraction of sp³-hybridized carbons (Fsp3) is 0.750. The molecule has 1 saturated heterocycles. The molecule has 1 aliphatic carbocycles. The monoisotopic (exact) mass is 428 g/mol. The molecule has 1 aromatic heterocycles. The molecule has 30 heavy (non-hydrogen) atoms. The highest BCUT2D eigenvalue weighted by Crippen LogP contribution is 2.31. The number of alkyl halides is 3. The van der Waals surface area contributed by atoms with E-state index in [0.29, 0.717) is 25.6 Å². The van der Waals surface area contributed by atoms with Crippen LogP contribution in [0.4, 0.5) is 13.2 Å². The van der Waals surface area contributed by atoms with Crippen molar-refractivity contribution in [3.8, 4) is 0 Å². The van der Waals surface area contributed by atoms with Gasteiger partial charge in [-0.05, 0) is 26.2 Å². The van der Waals surface area contributed by atoms with Crippen molar-refractivity contribution in [2.75, 3.05) is 19.6 Å². The Morgan fingerprint density at radius 1 is 1.27 bits per heavy atom. The Hall–Kier alpha value is -2.26. The number of carbonyl (C=O) groups is 1. The molecule has 1 saturated carbocycles. The number of aliphatic imine (C=N–C) groups is 1. The largest absolute Gasteiger partial charge is 0.435 e. The van der Waals surface area contributed by atoms with Gasteiger partial charge in [0.2, 0.25) is 5.91 Å². The zero-order valence-electron chi connectivity index (χ0n) is 17.6. The second-order valence-electron chi connectivity index (χ2n) is 8.12. The van der Waals surface area contributed by atoms with Gasteiger partial charge in [-0.3, -0.25) is 9.48 Å². The summed E-state index contributed by atoms with van der Waals surface area (Å²) in [6.45, 7) is 3.65. The van der Waals surface area contributed by atoms with Crippen molar-refractivity contribution >= 4 is 11.9 Å². The lowest BCUT2D eigenvalue weighted by molar-refractivity contribution is -0.142. The second-order valence-corrected chi connectivity index (χ2v) is 8.12. The lowest BCUT2D eigenvalue weighted by Crippen LogP contribution is -2.45. The van der Waals surface area contributed by atoms with E-state index < -0.39 is 11.9 Å². The van der Waals surface area contributed by atoms with Crippen molar-refractivity contribution in [2.45, 2.75) is 64.2 Å². The molecule has 2 heterocycles. The summed E-state index contributed by atoms with van der Waals surface area (Å²) in [6.07, 6.45) is 3.04. The number of likely N-dealkylation sites (tertiary alicyclic amines) is 1. The SMILES string of the molecule is CCNC(=NCc1cn(C)nc1C(F)(F)F)NC1CCN(C(=O)C2CCCCC2)C1. The Morgan fingerprint density at radius 3 is 2.67 bits per heavy atom. The second kappa shape index (κ2) is 9.70. The van der Waals surface area contributed by atoms with E-state index >= 15 is 0 Å². The van der Waals surface area contributed by atoms with Crippen LogP contribution in [-0.4, -0.2) is 52.2 Å². The van der Waals surface area contributed by atoms with Crippen molar-refractivity contribution < 1.29 is 18.0 Å². The average Bonchev–Trinajstić information content (AvgIpc) is 3.32. The summed E-state index contributed by atoms with van der Waals surface area (Å²) in [4.78, 5) is 19.0. The van der Waals surface area contributed by atoms with Crippen molar-refractivity contribution in [3.63, 3.8) is 0 Å². The number of nitrogens with zero attached hydrogens (tertiary/aromatic N) is 4. The molecule has 3 rings (SSSR count). The smallest absolute Gasteiger partial charge is 0.357 e. The molecule has 0 bridgehead atoms. The number of aryl methyl sites for hydroxylation is 1. The number of nitrogens with one attached hydrogen (secondary N) is 2. The van der Waals surface area contributed by atoms with E-state index in [1.165, 1.54) is 19.7 Å². The van der Waals surface area contributed by atoms with Gasteiger partial charge in [-0.2, -0.15) is 18.3 Å². The van der Waals surface area contributed by atoms with Gasteiger partial charge in [-0.25, -0.2) is 4.99 Å². The minimum Gasteiger partial charge on any atom is -0.357 e. The molecule has 2 N–H and O–H groups in total. The highest BCUT2D eigenvalue weighted by atomic mass is 19.4. The summed E-state index contributed by atoms with van der Waals surface area (Å²) in [6, 6.07) is 0.0336. The maximum Gasteiger partial charge on any atom is 0.435 e. The third kappa shape index (κ3) is 5.66. The predicted octanol–water partition coefficient (Wildman–Crippen LogP) is 2.68. The van der Waals surface area contributed by atoms with Gasteiger partial charge < -0.3 is 15.5 Å². The molecule has 0 spiro atoms. The van der Waals surface area contributed by atoms with Gasteiger partial charge in [0, 0.05) is 50.4 Å². The number of hydrogen-bond acceptors (Lipinski definition) is 3. The van der Waals surface area contributed by atoms with Crippen molar-refractivity contribution in [1.82, 2.24) is 25.3 Å². The molecule has 7 nitrogen and oxygen atoms in total. The van der Waals surface area contributed by atoms with Crippen LogP contribution in [0.3, 0.4) is 0 Å². The van der Waals surface area contributed by atoms with Gasteiger partial charge in [-0.1, -0.05) is 19.3 Å². The third-order valence-corrected chi connectivity index (χ3v) is 5.72. The van der Waals surface area contributed by atoms with E-state index in [9.17, 15) is 18.0 Å². The van der Waals surface area contributed by atoms with Gasteiger partial charge in [0.25, 0.3) is 0 Å². The van der Waals surface area contributed by atoms with Crippen LogP contribution in [0.15, 0.2) is 11.2 Å². The van der Waals surface area contributed by atoms with Crippen LogP contribution in [0, 0.1) is 5.92 Å². The Kier molecular flexibility index (Phi) is 7.25. The fourth-order valence-electron chi connectivity index (χ4n) is 4.26. The molecule has 1 aliphatic heterocycles. The molecule has 0 aromatic carbocycles. The topological polar surface area (TPSA) is 74.6 Å². The molecule has 1 unspecified atom stereocenters. The van der Waals surface area contributed by atoms with E-state index in [2.05, 4.69) is 20.7 Å². The Bertz CT molecular complexity index is 754. The zero-order chi connectivity index (χ0) is 21.7. The number of guanidine groups is 1. The number of halogens is 3. The third-order valence-electron chi connectivity index (χ3n) is 5.72. The first-order chi connectivity index (χ1) is 14.3. The molecule has 1 aromatic rings. The lowest BCUT2D eigenvalue weighted by atomic mass is 9.88. The highest BCUT2D eigenvalue weighted by molar-refractivity contribution is 5.81. The fourth-order valence-corrected chi connectivity index (χ4v) is 4.26. The number of carbonyl (C=O) groups excluding carboxylic acids is 1. The molecule has 10 heteroatoms. The Morgan fingerprint density at radius 2 is 2.00 bits per heavy atom. The predicted molar refractivity (Wildman–Crippen MR) is 108 cm³/mol. The summed E-state index contributed by atoms with van der Waals surface area (Å²) in [5.41, 5.74) is -0.877. The number of aromatic nitrogens is 2. The molecule has 1 atom stereocenters. The first-order valence-corrected chi connectivity index (χ1v) is 10.7. The first kappa shape index (κ1) is 22.4. The van der Waals surface area contributed by atoms with Crippen LogP contribution < -0.4 is 10.6 Å². The van der Waals surface area contributed by atoms with Crippen LogP contribution >= 0.6 is 0 Å². The van der Waals surface area contributed by atoms with Crippen LogP contribution in [-0.2, 0) is 24.6 Å². The van der Waals surface area contributed by atoms with Gasteiger partial charge in [0.15, 0.2) is 11.7 Å². The molecular weight excluding hydrogens is 397 g/mol. The maximum atomic E-state index is 13.1. The summed E-state index contributed by atoms with van der Waals surface area (Å²) in [7, 11) is 1.46. The van der Waals surface area contributed by atoms with Crippen LogP contribution in [0.25, 0.3) is 0 Å². The standard InChI is InChI=1S/C20H31F3N6O/c1-3-24-19(25-11-15-12-28(2)27-17(15)20(21,22)23)26-16-9-10-29(13-16)18(30)14-7-5-4-6-8-14/h12,14,16H,3-11,13H2,1-2H3,(H2,24,25,26). The number of hydrogen-bond donors (Lipinski definition) is 2. The molecular formula is C20H31F3N6O. The van der Waals surface area contributed by atoms with E-state index in [-0.39, 0.29) is 30.0 Å². The van der Waals surface area contributed by atoms with E-state index in [1.807, 2.05) is 11.8 Å². The quantitative estimate of drug-likeness (QED) is 0.559. The summed E-state index contributed by atoms with van der Waals surface area (Å²) in [5, 5.41) is 9.88. The van der Waals surface area contributed by atoms with E-state index in [1.54, 1.807) is 0 Å². The number of amides is 1. The van der Waals surface area contributed by atoms with Gasteiger partial charge in [-0.15, -0.1) is 0 Å². The van der Waals surface area contributed by atoms with Gasteiger partial charge in [0.05, 0.1) is 6.54 Å². The molecule has 0 radical (unpaired) electrons. The first-order valence-electron chi connectivity index (χ1n) is 10.7. The van der Waals surface area contributed by atoms with E-state index in [4.69, 9.17) is 0 Å². The minimum atomic E-state index is -4.51. The summed E-state index contributed by atoms with van der Waals surface area (Å²) < 4.78 is 40.6. The van der Waals surface area contributed by atoms with Crippen molar-refractivity contribution in [1.29, 1.82) is 0 Å². The Balaban J connectivity index is 1.60. The normalized spacial score (nSPS) is 21.2. The molecule has 2 fully saturated rings. The summed E-state index contributed by atoms with van der Waals surface area (Å²) in [5.74, 6) is 0.836. The zero-order valence-corrected chi connectivity index (χ0v) is 17.6. The van der Waals surface area contributed by atoms with Gasteiger partial charge >= 0.3 is 6.18 Å². The number of rotatable bonds is 5. The van der Waals surface area contributed by atoms with Crippen LogP contribution in [0.2, 0.25) is 0 Å². The maximum absolute atomic E-state index is 13.1. The molecule has 168 valence electrons. The lowest BCUT2D eigenvalue weighted by Gasteiger charge is -2.26. The van der Waals surface area contributed by atoms with Crippen molar-refractivity contribution in [3.05, 3.63) is 17.5 Å². The minimum absolute atomic E-state index is 0.0303. The van der Waals surface area contributed by atoms with Crippen molar-refractivity contribution in [2.24, 2.45) is 18.0 Å². The molecule has 2 aliphatic rings. The van der Waals surface area contributed by atoms with Crippen LogP contribution in [0.5, 0.6) is 0 Å². The molecule has 1 amide bonds. The van der Waals surface area contributed by atoms with E-state index in [0.717, 1.165) is 36.8 Å². The highest BCUT2D eigenvalue weighted by Gasteiger charge is 2.37. The summed E-state index contributed by atoms with van der Waals surface area (Å²) >= 11 is 0. The van der Waals surface area contributed by atoms with Gasteiger partial charge in [0.1, 0.15) is 0 Å². The average molecular weight is 429 g/mol. The Labute approximate surface area is 175 Å².